The molecule has 7 heteroatoms. The third-order valence-corrected chi connectivity index (χ3v) is 4.67. The van der Waals surface area contributed by atoms with E-state index in [1.807, 2.05) is 30.3 Å². The van der Waals surface area contributed by atoms with Gasteiger partial charge in [0.1, 0.15) is 17.3 Å². The Kier molecular flexibility index (Phi) is 4.69. The van der Waals surface area contributed by atoms with Crippen molar-refractivity contribution in [2.24, 2.45) is 0 Å². The van der Waals surface area contributed by atoms with Gasteiger partial charge in [-0.2, -0.15) is 0 Å². The molecule has 0 radical (unpaired) electrons. The first-order chi connectivity index (χ1) is 11.5. The average Bonchev–Trinajstić information content (AvgIpc) is 2.58. The lowest BCUT2D eigenvalue weighted by Gasteiger charge is -2.09. The van der Waals surface area contributed by atoms with E-state index in [4.69, 9.17) is 16.3 Å². The van der Waals surface area contributed by atoms with E-state index in [2.05, 4.69) is 9.71 Å². The predicted octanol–water partition coefficient (Wildman–Crippen LogP) is 4.33. The second-order valence-corrected chi connectivity index (χ2v) is 6.97. The molecule has 0 fully saturated rings. The molecule has 1 N–H and O–H groups in total. The van der Waals surface area contributed by atoms with E-state index in [1.54, 1.807) is 18.2 Å². The predicted molar refractivity (Wildman–Crippen MR) is 93.0 cm³/mol. The maximum Gasteiger partial charge on any atom is 0.263 e. The zero-order valence-corrected chi connectivity index (χ0v) is 14.0. The van der Waals surface area contributed by atoms with Crippen molar-refractivity contribution in [1.82, 2.24) is 4.98 Å². The zero-order chi connectivity index (χ0) is 17.0. The Morgan fingerprint density at radius 2 is 1.54 bits per heavy atom. The summed E-state index contributed by atoms with van der Waals surface area (Å²) in [5, 5.41) is 0.431. The molecule has 3 rings (SSSR count). The number of aromatic nitrogens is 1. The molecule has 2 aromatic carbocycles. The third kappa shape index (κ3) is 4.04. The van der Waals surface area contributed by atoms with E-state index >= 15 is 0 Å². The van der Waals surface area contributed by atoms with Crippen LogP contribution >= 0.6 is 11.6 Å². The Morgan fingerprint density at radius 1 is 0.875 bits per heavy atom. The summed E-state index contributed by atoms with van der Waals surface area (Å²) in [4.78, 5) is 4.03. The van der Waals surface area contributed by atoms with Gasteiger partial charge in [0, 0.05) is 6.20 Å². The molecule has 1 heterocycles. The first kappa shape index (κ1) is 16.3. The molecule has 0 spiro atoms. The lowest BCUT2D eigenvalue weighted by atomic mass is 10.3. The zero-order valence-electron chi connectivity index (χ0n) is 12.4. The van der Waals surface area contributed by atoms with Crippen molar-refractivity contribution >= 4 is 27.4 Å². The summed E-state index contributed by atoms with van der Waals surface area (Å²) in [5.74, 6) is 1.42. The van der Waals surface area contributed by atoms with Crippen LogP contribution in [0.4, 0.5) is 5.82 Å². The van der Waals surface area contributed by atoms with E-state index in [0.29, 0.717) is 16.5 Å². The summed E-state index contributed by atoms with van der Waals surface area (Å²) in [6, 6.07) is 18.4. The number of halogens is 1. The Balaban J connectivity index is 1.75. The van der Waals surface area contributed by atoms with Gasteiger partial charge in [0.2, 0.25) is 0 Å². The minimum absolute atomic E-state index is 0.111. The van der Waals surface area contributed by atoms with Crippen LogP contribution in [-0.2, 0) is 10.0 Å². The summed E-state index contributed by atoms with van der Waals surface area (Å²) in [6.07, 6.45) is 1.37. The molecule has 24 heavy (non-hydrogen) atoms. The molecule has 0 aliphatic heterocycles. The molecule has 3 aromatic rings. The molecule has 0 amide bonds. The molecule has 0 saturated carbocycles. The van der Waals surface area contributed by atoms with Gasteiger partial charge in [-0.25, -0.2) is 13.4 Å². The number of benzene rings is 2. The van der Waals surface area contributed by atoms with Gasteiger partial charge in [0.05, 0.1) is 9.92 Å². The van der Waals surface area contributed by atoms with Crippen LogP contribution in [0.2, 0.25) is 5.02 Å². The number of nitrogens with one attached hydrogen (secondary N) is 1. The van der Waals surface area contributed by atoms with Crippen molar-refractivity contribution < 1.29 is 13.2 Å². The highest BCUT2D eigenvalue weighted by Crippen LogP contribution is 2.23. The molecule has 0 aliphatic rings. The number of sulfonamides is 1. The molecule has 0 saturated heterocycles. The van der Waals surface area contributed by atoms with E-state index in [-0.39, 0.29) is 10.7 Å². The molecule has 1 aromatic heterocycles. The Hall–Kier alpha value is -2.57. The van der Waals surface area contributed by atoms with Crippen molar-refractivity contribution in [1.29, 1.82) is 0 Å². The quantitative estimate of drug-likeness (QED) is 0.735. The highest BCUT2D eigenvalue weighted by molar-refractivity contribution is 7.92. The Bertz CT molecular complexity index is 912. The number of anilines is 1. The van der Waals surface area contributed by atoms with Gasteiger partial charge < -0.3 is 4.74 Å². The molecular formula is C17H13ClN2O3S. The maximum absolute atomic E-state index is 12.3. The average molecular weight is 361 g/mol. The van der Waals surface area contributed by atoms with Gasteiger partial charge in [0.15, 0.2) is 0 Å². The number of hydrogen-bond acceptors (Lipinski definition) is 4. The molecule has 122 valence electrons. The van der Waals surface area contributed by atoms with E-state index in [0.717, 1.165) is 0 Å². The van der Waals surface area contributed by atoms with Crippen molar-refractivity contribution in [3.8, 4) is 11.5 Å². The van der Waals surface area contributed by atoms with Crippen molar-refractivity contribution in [2.75, 3.05) is 4.72 Å². The standard InChI is InChI=1S/C17H13ClN2O3S/c18-13-6-11-17(19-12-13)20-24(21,22)16-9-7-15(8-10-16)23-14-4-2-1-3-5-14/h1-12H,(H,19,20). The summed E-state index contributed by atoms with van der Waals surface area (Å²) in [6.45, 7) is 0. The minimum atomic E-state index is -3.73. The molecular weight excluding hydrogens is 348 g/mol. The number of ether oxygens (including phenoxy) is 1. The van der Waals surface area contributed by atoms with Gasteiger partial charge in [-0.15, -0.1) is 0 Å². The van der Waals surface area contributed by atoms with Crippen LogP contribution in [0.15, 0.2) is 77.8 Å². The Labute approximate surface area is 144 Å². The smallest absolute Gasteiger partial charge is 0.263 e. The first-order valence-electron chi connectivity index (χ1n) is 7.00. The van der Waals surface area contributed by atoms with Crippen LogP contribution in [0.3, 0.4) is 0 Å². The van der Waals surface area contributed by atoms with Crippen LogP contribution < -0.4 is 9.46 Å². The fourth-order valence-corrected chi connectivity index (χ4v) is 3.06. The second-order valence-electron chi connectivity index (χ2n) is 4.85. The molecule has 5 nitrogen and oxygen atoms in total. The van der Waals surface area contributed by atoms with Crippen LogP contribution in [0, 0.1) is 0 Å². The van der Waals surface area contributed by atoms with Crippen molar-refractivity contribution in [2.45, 2.75) is 4.90 Å². The topological polar surface area (TPSA) is 68.3 Å². The van der Waals surface area contributed by atoms with E-state index in [9.17, 15) is 8.42 Å². The van der Waals surface area contributed by atoms with Crippen molar-refractivity contribution in [3.05, 3.63) is 77.9 Å². The second kappa shape index (κ2) is 6.90. The number of hydrogen-bond donors (Lipinski definition) is 1. The lowest BCUT2D eigenvalue weighted by Crippen LogP contribution is -2.13. The molecule has 0 atom stereocenters. The van der Waals surface area contributed by atoms with Gasteiger partial charge in [0.25, 0.3) is 10.0 Å². The van der Waals surface area contributed by atoms with Gasteiger partial charge in [-0.3, -0.25) is 4.72 Å². The minimum Gasteiger partial charge on any atom is -0.457 e. The summed E-state index contributed by atoms with van der Waals surface area (Å²) < 4.78 is 32.7. The highest BCUT2D eigenvalue weighted by atomic mass is 35.5. The van der Waals surface area contributed by atoms with Gasteiger partial charge in [-0.1, -0.05) is 29.8 Å². The number of pyridine rings is 1. The number of para-hydroxylation sites is 1. The molecule has 0 unspecified atom stereocenters. The van der Waals surface area contributed by atoms with Crippen LogP contribution in [0.25, 0.3) is 0 Å². The lowest BCUT2D eigenvalue weighted by molar-refractivity contribution is 0.482. The monoisotopic (exact) mass is 360 g/mol. The normalized spacial score (nSPS) is 11.0. The number of nitrogens with zero attached hydrogens (tertiary/aromatic N) is 1. The summed E-state index contributed by atoms with van der Waals surface area (Å²) >= 11 is 5.73. The van der Waals surface area contributed by atoms with E-state index in [1.165, 1.54) is 24.4 Å². The Morgan fingerprint density at radius 3 is 2.17 bits per heavy atom. The van der Waals surface area contributed by atoms with Crippen LogP contribution in [-0.4, -0.2) is 13.4 Å². The highest BCUT2D eigenvalue weighted by Gasteiger charge is 2.15. The maximum atomic E-state index is 12.3. The fraction of sp³-hybridized carbons (Fsp3) is 0. The molecule has 0 aliphatic carbocycles. The SMILES string of the molecule is O=S(=O)(Nc1ccc(Cl)cn1)c1ccc(Oc2ccccc2)cc1. The van der Waals surface area contributed by atoms with Crippen molar-refractivity contribution in [3.63, 3.8) is 0 Å². The van der Waals surface area contributed by atoms with Gasteiger partial charge in [-0.05, 0) is 48.5 Å². The summed E-state index contributed by atoms with van der Waals surface area (Å²) in [7, 11) is -3.73. The third-order valence-electron chi connectivity index (χ3n) is 3.08. The van der Waals surface area contributed by atoms with E-state index < -0.39 is 10.0 Å². The van der Waals surface area contributed by atoms with Gasteiger partial charge >= 0.3 is 0 Å². The largest absolute Gasteiger partial charge is 0.457 e. The fourth-order valence-electron chi connectivity index (χ4n) is 1.94. The van der Waals surface area contributed by atoms with Crippen LogP contribution in [0.5, 0.6) is 11.5 Å². The molecule has 0 bridgehead atoms. The first-order valence-corrected chi connectivity index (χ1v) is 8.86. The number of rotatable bonds is 5. The van der Waals surface area contributed by atoms with Crippen LogP contribution in [0.1, 0.15) is 0 Å². The summed E-state index contributed by atoms with van der Waals surface area (Å²) in [5.41, 5.74) is 0.